The molecule has 0 saturated heterocycles. The monoisotopic (exact) mass is 366 g/mol. The largest absolute Gasteiger partial charge is 0.505 e. The Labute approximate surface area is 154 Å². The number of azo groups is 1. The van der Waals surface area contributed by atoms with Crippen LogP contribution in [0.25, 0.3) is 10.9 Å². The molecule has 1 aromatic carbocycles. The van der Waals surface area contributed by atoms with Gasteiger partial charge in [0.25, 0.3) is 5.56 Å². The minimum Gasteiger partial charge on any atom is -0.505 e. The van der Waals surface area contributed by atoms with E-state index >= 15 is 0 Å². The third-order valence-corrected chi connectivity index (χ3v) is 4.10. The molecule has 2 heterocycles. The predicted molar refractivity (Wildman–Crippen MR) is 100.0 cm³/mol. The molecule has 8 heteroatoms. The van der Waals surface area contributed by atoms with Gasteiger partial charge in [-0.25, -0.2) is 9.78 Å². The average molecular weight is 366 g/mol. The zero-order valence-electron chi connectivity index (χ0n) is 15.1. The van der Waals surface area contributed by atoms with Gasteiger partial charge in [0.2, 0.25) is 0 Å². The molecule has 0 aliphatic rings. The van der Waals surface area contributed by atoms with Gasteiger partial charge in [-0.3, -0.25) is 4.79 Å². The Bertz CT molecular complexity index is 1120. The van der Waals surface area contributed by atoms with E-state index in [0.29, 0.717) is 22.0 Å². The molecule has 0 amide bonds. The van der Waals surface area contributed by atoms with Gasteiger partial charge in [0.05, 0.1) is 17.7 Å². The number of para-hydroxylation sites is 1. The van der Waals surface area contributed by atoms with Crippen LogP contribution in [-0.2, 0) is 11.8 Å². The van der Waals surface area contributed by atoms with E-state index in [1.54, 1.807) is 51.2 Å². The summed E-state index contributed by atoms with van der Waals surface area (Å²) in [7, 11) is 1.60. The van der Waals surface area contributed by atoms with Crippen LogP contribution in [0, 0.1) is 6.92 Å². The highest BCUT2D eigenvalue weighted by molar-refractivity contribution is 5.91. The number of carbonyl (C=O) groups excluding carboxylic acids is 1. The van der Waals surface area contributed by atoms with Crippen LogP contribution in [0.1, 0.15) is 22.8 Å². The summed E-state index contributed by atoms with van der Waals surface area (Å²) in [6, 6.07) is 8.51. The van der Waals surface area contributed by atoms with Gasteiger partial charge < -0.3 is 14.4 Å². The van der Waals surface area contributed by atoms with E-state index < -0.39 is 11.5 Å². The number of aryl methyl sites for hydroxylation is 2. The number of fused-ring (bicyclic) bond motifs is 1. The van der Waals surface area contributed by atoms with E-state index in [9.17, 15) is 14.7 Å². The second-order valence-corrected chi connectivity index (χ2v) is 5.86. The van der Waals surface area contributed by atoms with Gasteiger partial charge in [-0.2, -0.15) is 0 Å². The van der Waals surface area contributed by atoms with E-state index in [2.05, 4.69) is 15.2 Å². The standard InChI is InChI=1S/C19H18N4O4/c1-4-27-19(26)13-10-20-15(9-11(13)2)21-22-16-17(24)12-7-5-6-8-14(12)23(3)18(16)25/h5-10,24H,4H2,1-3H3. The molecule has 0 aliphatic carbocycles. The highest BCUT2D eigenvalue weighted by atomic mass is 16.5. The lowest BCUT2D eigenvalue weighted by Gasteiger charge is -2.08. The van der Waals surface area contributed by atoms with Crippen LogP contribution < -0.4 is 5.56 Å². The van der Waals surface area contributed by atoms with Gasteiger partial charge in [0, 0.05) is 18.6 Å². The van der Waals surface area contributed by atoms with Crippen LogP contribution in [0.15, 0.2) is 51.6 Å². The van der Waals surface area contributed by atoms with Crippen molar-refractivity contribution in [2.75, 3.05) is 6.61 Å². The first-order chi connectivity index (χ1) is 12.9. The van der Waals surface area contributed by atoms with Crippen molar-refractivity contribution in [1.82, 2.24) is 9.55 Å². The lowest BCUT2D eigenvalue weighted by atomic mass is 10.1. The predicted octanol–water partition coefficient (Wildman–Crippen LogP) is 3.54. The highest BCUT2D eigenvalue weighted by Crippen LogP contribution is 2.32. The second kappa shape index (κ2) is 7.36. The SMILES string of the molecule is CCOC(=O)c1cnc(N=Nc2c(O)c3ccccc3n(C)c2=O)cc1C. The van der Waals surface area contributed by atoms with E-state index in [-0.39, 0.29) is 23.9 Å². The van der Waals surface area contributed by atoms with Gasteiger partial charge in [0.15, 0.2) is 17.3 Å². The van der Waals surface area contributed by atoms with Crippen LogP contribution >= 0.6 is 0 Å². The van der Waals surface area contributed by atoms with Crippen LogP contribution in [0.2, 0.25) is 0 Å². The Morgan fingerprint density at radius 3 is 2.74 bits per heavy atom. The fourth-order valence-electron chi connectivity index (χ4n) is 2.67. The van der Waals surface area contributed by atoms with Crippen molar-refractivity contribution in [2.24, 2.45) is 17.3 Å². The van der Waals surface area contributed by atoms with E-state index in [1.807, 2.05) is 0 Å². The fraction of sp³-hybridized carbons (Fsp3) is 0.211. The highest BCUT2D eigenvalue weighted by Gasteiger charge is 2.15. The maximum atomic E-state index is 12.5. The Morgan fingerprint density at radius 1 is 1.30 bits per heavy atom. The lowest BCUT2D eigenvalue weighted by Crippen LogP contribution is -2.16. The molecule has 27 heavy (non-hydrogen) atoms. The number of esters is 1. The van der Waals surface area contributed by atoms with E-state index in [0.717, 1.165) is 0 Å². The third-order valence-electron chi connectivity index (χ3n) is 4.10. The lowest BCUT2D eigenvalue weighted by molar-refractivity contribution is 0.0525. The van der Waals surface area contributed by atoms with Crippen LogP contribution in [-0.4, -0.2) is 27.2 Å². The zero-order chi connectivity index (χ0) is 19.6. The summed E-state index contributed by atoms with van der Waals surface area (Å²) in [5.41, 5.74) is 0.889. The van der Waals surface area contributed by atoms with Crippen molar-refractivity contribution in [2.45, 2.75) is 13.8 Å². The molecular formula is C19H18N4O4. The molecule has 0 bridgehead atoms. The summed E-state index contributed by atoms with van der Waals surface area (Å²) in [5.74, 6) is -0.500. The molecule has 138 valence electrons. The quantitative estimate of drug-likeness (QED) is 0.561. The Kier molecular flexibility index (Phi) is 4.98. The summed E-state index contributed by atoms with van der Waals surface area (Å²) >= 11 is 0. The molecule has 3 aromatic rings. The number of pyridine rings is 2. The van der Waals surface area contributed by atoms with Crippen molar-refractivity contribution in [3.8, 4) is 5.75 Å². The Morgan fingerprint density at radius 2 is 2.04 bits per heavy atom. The normalized spacial score (nSPS) is 11.2. The first kappa shape index (κ1) is 18.2. The minimum atomic E-state index is -0.477. The van der Waals surface area contributed by atoms with Gasteiger partial charge in [0.1, 0.15) is 0 Å². The average Bonchev–Trinajstić information content (AvgIpc) is 2.66. The van der Waals surface area contributed by atoms with Crippen molar-refractivity contribution >= 4 is 28.4 Å². The van der Waals surface area contributed by atoms with Gasteiger partial charge in [-0.1, -0.05) is 12.1 Å². The summed E-state index contributed by atoms with van der Waals surface area (Å²) in [4.78, 5) is 28.3. The summed E-state index contributed by atoms with van der Waals surface area (Å²) in [5, 5.41) is 18.8. The molecule has 2 aromatic heterocycles. The zero-order valence-corrected chi connectivity index (χ0v) is 15.1. The first-order valence-corrected chi connectivity index (χ1v) is 8.30. The van der Waals surface area contributed by atoms with Gasteiger partial charge in [-0.15, -0.1) is 10.2 Å². The Balaban J connectivity index is 2.01. The smallest absolute Gasteiger partial charge is 0.339 e. The molecule has 0 aliphatic heterocycles. The molecule has 0 atom stereocenters. The minimum absolute atomic E-state index is 0.176. The van der Waals surface area contributed by atoms with Crippen molar-refractivity contribution in [3.05, 3.63) is 58.0 Å². The third kappa shape index (κ3) is 3.41. The molecule has 8 nitrogen and oxygen atoms in total. The second-order valence-electron chi connectivity index (χ2n) is 5.86. The van der Waals surface area contributed by atoms with Crippen LogP contribution in [0.5, 0.6) is 5.75 Å². The molecule has 0 unspecified atom stereocenters. The number of nitrogens with zero attached hydrogens (tertiary/aromatic N) is 4. The number of ether oxygens (including phenoxy) is 1. The topological polar surface area (TPSA) is 106 Å². The molecule has 1 N–H and O–H groups in total. The number of carbonyl (C=O) groups is 1. The van der Waals surface area contributed by atoms with Crippen LogP contribution in [0.3, 0.4) is 0 Å². The summed E-state index contributed by atoms with van der Waals surface area (Å²) in [6.07, 6.45) is 1.35. The molecule has 0 fully saturated rings. The van der Waals surface area contributed by atoms with Crippen LogP contribution in [0.4, 0.5) is 11.5 Å². The van der Waals surface area contributed by atoms with E-state index in [4.69, 9.17) is 4.74 Å². The molecule has 3 rings (SSSR count). The Hall–Kier alpha value is -3.55. The first-order valence-electron chi connectivity index (χ1n) is 8.30. The molecule has 0 saturated carbocycles. The van der Waals surface area contributed by atoms with E-state index in [1.165, 1.54) is 10.8 Å². The maximum Gasteiger partial charge on any atom is 0.339 e. The number of aromatic nitrogens is 2. The summed E-state index contributed by atoms with van der Waals surface area (Å²) < 4.78 is 6.35. The number of hydrogen-bond acceptors (Lipinski definition) is 7. The van der Waals surface area contributed by atoms with Crippen molar-refractivity contribution < 1.29 is 14.6 Å². The van der Waals surface area contributed by atoms with Gasteiger partial charge in [-0.05, 0) is 37.6 Å². The summed E-state index contributed by atoms with van der Waals surface area (Å²) in [6.45, 7) is 3.71. The molecule has 0 radical (unpaired) electrons. The van der Waals surface area contributed by atoms with Crippen molar-refractivity contribution in [1.29, 1.82) is 0 Å². The molecular weight excluding hydrogens is 348 g/mol. The fourth-order valence-corrected chi connectivity index (χ4v) is 2.67. The maximum absolute atomic E-state index is 12.5. The van der Waals surface area contributed by atoms with Gasteiger partial charge >= 0.3 is 5.97 Å². The number of rotatable bonds is 4. The molecule has 0 spiro atoms. The number of benzene rings is 1. The van der Waals surface area contributed by atoms with Crippen molar-refractivity contribution in [3.63, 3.8) is 0 Å². The number of aromatic hydroxyl groups is 1. The number of hydrogen-bond donors (Lipinski definition) is 1.